The fourth-order valence-electron chi connectivity index (χ4n) is 1.47. The molecule has 5 N–H and O–H groups in total. The molecule has 1 aliphatic heterocycles. The summed E-state index contributed by atoms with van der Waals surface area (Å²) in [5.41, 5.74) is 5.21. The number of carbonyl (C=O) groups is 3. The highest BCUT2D eigenvalue weighted by atomic mass is 16.5. The van der Waals surface area contributed by atoms with E-state index in [0.29, 0.717) is 6.54 Å². The molecular formula is C10H17N3O5. The smallest absolute Gasteiger partial charge is 0.322 e. The van der Waals surface area contributed by atoms with Gasteiger partial charge in [-0.15, -0.1) is 0 Å². The molecule has 0 aliphatic carbocycles. The van der Waals surface area contributed by atoms with E-state index in [1.807, 2.05) is 0 Å². The number of rotatable bonds is 7. The van der Waals surface area contributed by atoms with Crippen molar-refractivity contribution in [1.29, 1.82) is 0 Å². The first-order chi connectivity index (χ1) is 8.52. The molecule has 18 heavy (non-hydrogen) atoms. The van der Waals surface area contributed by atoms with Gasteiger partial charge < -0.3 is 26.2 Å². The molecule has 0 saturated carbocycles. The third-order valence-corrected chi connectivity index (χ3v) is 2.51. The van der Waals surface area contributed by atoms with Crippen molar-refractivity contribution in [2.24, 2.45) is 11.7 Å². The molecule has 2 atom stereocenters. The van der Waals surface area contributed by atoms with E-state index in [1.54, 1.807) is 0 Å². The molecule has 0 spiro atoms. The van der Waals surface area contributed by atoms with Crippen LogP contribution >= 0.6 is 0 Å². The molecule has 0 aromatic heterocycles. The Hall–Kier alpha value is -1.51. The van der Waals surface area contributed by atoms with Crippen LogP contribution in [0.1, 0.15) is 0 Å². The van der Waals surface area contributed by atoms with E-state index in [0.717, 1.165) is 0 Å². The number of carboxylic acid groups (broad SMARTS) is 1. The van der Waals surface area contributed by atoms with Crippen molar-refractivity contribution in [3.63, 3.8) is 0 Å². The van der Waals surface area contributed by atoms with Crippen LogP contribution in [0.15, 0.2) is 0 Å². The molecule has 1 aliphatic rings. The summed E-state index contributed by atoms with van der Waals surface area (Å²) >= 11 is 0. The molecule has 1 amide bonds. The van der Waals surface area contributed by atoms with Crippen LogP contribution in [0.25, 0.3) is 0 Å². The van der Waals surface area contributed by atoms with Crippen molar-refractivity contribution >= 4 is 17.7 Å². The Morgan fingerprint density at radius 1 is 1.61 bits per heavy atom. The van der Waals surface area contributed by atoms with E-state index >= 15 is 0 Å². The highest BCUT2D eigenvalue weighted by Crippen LogP contribution is 2.02. The second kappa shape index (κ2) is 7.04. The number of ether oxygens (including phenoxy) is 1. The topological polar surface area (TPSA) is 131 Å². The molecular weight excluding hydrogens is 242 g/mol. The SMILES string of the molecule is N[C@@H](COCCNC(=O)[C@H]1CNCC1=O)C(=O)O. The summed E-state index contributed by atoms with van der Waals surface area (Å²) in [6.45, 7) is 0.836. The van der Waals surface area contributed by atoms with Crippen molar-refractivity contribution in [3.05, 3.63) is 0 Å². The molecule has 102 valence electrons. The normalized spacial score (nSPS) is 20.7. The lowest BCUT2D eigenvalue weighted by molar-refractivity contribution is -0.140. The zero-order chi connectivity index (χ0) is 13.5. The van der Waals surface area contributed by atoms with Crippen LogP contribution in [0.4, 0.5) is 0 Å². The van der Waals surface area contributed by atoms with Crippen LogP contribution in [0.5, 0.6) is 0 Å². The molecule has 1 saturated heterocycles. The summed E-state index contributed by atoms with van der Waals surface area (Å²) in [6, 6.07) is -1.07. The van der Waals surface area contributed by atoms with Crippen molar-refractivity contribution in [3.8, 4) is 0 Å². The van der Waals surface area contributed by atoms with Crippen molar-refractivity contribution < 1.29 is 24.2 Å². The highest BCUT2D eigenvalue weighted by molar-refractivity contribution is 6.03. The average Bonchev–Trinajstić information content (AvgIpc) is 2.74. The summed E-state index contributed by atoms with van der Waals surface area (Å²) in [5, 5.41) is 13.8. The number of carbonyl (C=O) groups excluding carboxylic acids is 2. The summed E-state index contributed by atoms with van der Waals surface area (Å²) in [4.78, 5) is 33.1. The largest absolute Gasteiger partial charge is 0.480 e. The molecule has 1 heterocycles. The number of carboxylic acids is 1. The van der Waals surface area contributed by atoms with E-state index in [9.17, 15) is 14.4 Å². The second-order valence-corrected chi connectivity index (χ2v) is 3.96. The van der Waals surface area contributed by atoms with Gasteiger partial charge in [-0.1, -0.05) is 0 Å². The van der Waals surface area contributed by atoms with Crippen molar-refractivity contribution in [1.82, 2.24) is 10.6 Å². The lowest BCUT2D eigenvalue weighted by atomic mass is 10.1. The first-order valence-electron chi connectivity index (χ1n) is 5.59. The molecule has 8 nitrogen and oxygen atoms in total. The van der Waals surface area contributed by atoms with Crippen LogP contribution in [0.2, 0.25) is 0 Å². The molecule has 0 unspecified atom stereocenters. The Morgan fingerprint density at radius 2 is 2.33 bits per heavy atom. The van der Waals surface area contributed by atoms with Crippen LogP contribution in [0, 0.1) is 5.92 Å². The van der Waals surface area contributed by atoms with Gasteiger partial charge in [-0.05, 0) is 0 Å². The van der Waals surface area contributed by atoms with Crippen molar-refractivity contribution in [2.75, 3.05) is 32.8 Å². The molecule has 0 bridgehead atoms. The van der Waals surface area contributed by atoms with Crippen LogP contribution < -0.4 is 16.4 Å². The summed E-state index contributed by atoms with van der Waals surface area (Å²) < 4.78 is 4.98. The molecule has 8 heteroatoms. The minimum absolute atomic E-state index is 0.116. The van der Waals surface area contributed by atoms with E-state index in [-0.39, 0.29) is 38.0 Å². The van der Waals surface area contributed by atoms with Gasteiger partial charge in [-0.25, -0.2) is 0 Å². The standard InChI is InChI=1S/C10H17N3O5/c11-7(10(16)17)5-18-2-1-13-9(15)6-3-12-4-8(6)14/h6-7,12H,1-5,11H2,(H,13,15)(H,16,17)/t6-,7-/m0/s1. The summed E-state index contributed by atoms with van der Waals surface area (Å²) in [7, 11) is 0. The van der Waals surface area contributed by atoms with Crippen LogP contribution in [-0.4, -0.2) is 61.7 Å². The van der Waals surface area contributed by atoms with Crippen LogP contribution in [-0.2, 0) is 19.1 Å². The van der Waals surface area contributed by atoms with Gasteiger partial charge in [0.05, 0.1) is 19.8 Å². The van der Waals surface area contributed by atoms with Gasteiger partial charge in [0.25, 0.3) is 0 Å². The van der Waals surface area contributed by atoms with Gasteiger partial charge >= 0.3 is 5.97 Å². The molecule has 0 aromatic carbocycles. The summed E-state index contributed by atoms with van der Waals surface area (Å²) in [6.07, 6.45) is 0. The van der Waals surface area contributed by atoms with Gasteiger partial charge in [-0.3, -0.25) is 14.4 Å². The quantitative estimate of drug-likeness (QED) is 0.289. The first kappa shape index (κ1) is 14.6. The zero-order valence-corrected chi connectivity index (χ0v) is 9.85. The summed E-state index contributed by atoms with van der Waals surface area (Å²) in [5.74, 6) is -2.23. The number of hydrogen-bond donors (Lipinski definition) is 4. The van der Waals surface area contributed by atoms with Gasteiger partial charge in [0.2, 0.25) is 5.91 Å². The highest BCUT2D eigenvalue weighted by Gasteiger charge is 2.30. The van der Waals surface area contributed by atoms with Gasteiger partial charge in [0.1, 0.15) is 12.0 Å². The van der Waals surface area contributed by atoms with E-state index in [2.05, 4.69) is 10.6 Å². The Labute approximate surface area is 104 Å². The van der Waals surface area contributed by atoms with E-state index < -0.39 is 17.9 Å². The van der Waals surface area contributed by atoms with E-state index in [4.69, 9.17) is 15.6 Å². The predicted molar refractivity (Wildman–Crippen MR) is 60.8 cm³/mol. The predicted octanol–water partition coefficient (Wildman–Crippen LogP) is -2.68. The van der Waals surface area contributed by atoms with E-state index in [1.165, 1.54) is 0 Å². The number of nitrogens with two attached hydrogens (primary N) is 1. The third-order valence-electron chi connectivity index (χ3n) is 2.51. The Morgan fingerprint density at radius 3 is 2.89 bits per heavy atom. The Kier molecular flexibility index (Phi) is 5.69. The molecule has 0 radical (unpaired) electrons. The maximum atomic E-state index is 11.5. The minimum Gasteiger partial charge on any atom is -0.480 e. The number of aliphatic carboxylic acids is 1. The van der Waals surface area contributed by atoms with Gasteiger partial charge in [0.15, 0.2) is 5.78 Å². The maximum Gasteiger partial charge on any atom is 0.322 e. The number of ketones is 1. The third kappa shape index (κ3) is 4.40. The minimum atomic E-state index is -1.14. The van der Waals surface area contributed by atoms with Crippen LogP contribution in [0.3, 0.4) is 0 Å². The second-order valence-electron chi connectivity index (χ2n) is 3.96. The number of Topliss-reactive ketones (excluding diaryl/α,β-unsaturated/α-hetero) is 1. The van der Waals surface area contributed by atoms with Gasteiger partial charge in [0, 0.05) is 13.1 Å². The Bertz CT molecular complexity index is 333. The van der Waals surface area contributed by atoms with Gasteiger partial charge in [-0.2, -0.15) is 0 Å². The molecule has 0 aromatic rings. The lowest BCUT2D eigenvalue weighted by Gasteiger charge is -2.10. The molecule has 1 fully saturated rings. The average molecular weight is 259 g/mol. The monoisotopic (exact) mass is 259 g/mol. The zero-order valence-electron chi connectivity index (χ0n) is 9.85. The number of hydrogen-bond acceptors (Lipinski definition) is 6. The maximum absolute atomic E-state index is 11.5. The Balaban J connectivity index is 2.09. The fraction of sp³-hybridized carbons (Fsp3) is 0.700. The lowest BCUT2D eigenvalue weighted by Crippen LogP contribution is -2.38. The first-order valence-corrected chi connectivity index (χ1v) is 5.59. The number of nitrogens with one attached hydrogen (secondary N) is 2. The molecule has 1 rings (SSSR count). The fourth-order valence-corrected chi connectivity index (χ4v) is 1.47. The van der Waals surface area contributed by atoms with Crippen molar-refractivity contribution in [2.45, 2.75) is 6.04 Å². The number of amides is 1.